The van der Waals surface area contributed by atoms with Crippen molar-refractivity contribution in [1.29, 1.82) is 10.5 Å². The van der Waals surface area contributed by atoms with Crippen LogP contribution in [0.25, 0.3) is 0 Å². The van der Waals surface area contributed by atoms with Crippen LogP contribution in [0.5, 0.6) is 0 Å². The Morgan fingerprint density at radius 2 is 1.88 bits per heavy atom. The fraction of sp³-hybridized carbons (Fsp3) is 0.391. The largest absolute Gasteiger partial charge is 0.452 e. The molecular weight excluding hydrogens is 442 g/mol. The van der Waals surface area contributed by atoms with Gasteiger partial charge in [0.05, 0.1) is 36.1 Å². The lowest BCUT2D eigenvalue weighted by Crippen LogP contribution is -2.36. The number of esters is 1. The van der Waals surface area contributed by atoms with Crippen LogP contribution in [0.4, 0.5) is 5.00 Å². The van der Waals surface area contributed by atoms with Crippen molar-refractivity contribution < 1.29 is 19.1 Å². The number of hydrogen-bond donors (Lipinski definition) is 1. The topological polar surface area (TPSA) is 136 Å². The van der Waals surface area contributed by atoms with Gasteiger partial charge in [-0.3, -0.25) is 14.6 Å². The first-order valence-electron chi connectivity index (χ1n) is 10.6. The van der Waals surface area contributed by atoms with Crippen molar-refractivity contribution in [2.24, 2.45) is 0 Å². The molecule has 0 radical (unpaired) electrons. The first-order valence-corrected chi connectivity index (χ1v) is 11.4. The molecular formula is C23H23N5O4S. The number of aromatic nitrogens is 1. The lowest BCUT2D eigenvalue weighted by molar-refractivity contribution is -0.134. The summed E-state index contributed by atoms with van der Waals surface area (Å²) in [7, 11) is 0. The van der Waals surface area contributed by atoms with Gasteiger partial charge in [0.1, 0.15) is 5.00 Å². The van der Waals surface area contributed by atoms with Crippen LogP contribution in [0.2, 0.25) is 0 Å². The predicted octanol–water partition coefficient (Wildman–Crippen LogP) is 3.09. The summed E-state index contributed by atoms with van der Waals surface area (Å²) in [5, 5.41) is 20.8. The fourth-order valence-corrected chi connectivity index (χ4v) is 4.84. The van der Waals surface area contributed by atoms with E-state index in [1.165, 1.54) is 22.4 Å². The highest BCUT2D eigenvalue weighted by Gasteiger charge is 2.28. The quantitative estimate of drug-likeness (QED) is 0.562. The van der Waals surface area contributed by atoms with E-state index >= 15 is 0 Å². The molecule has 2 heterocycles. The number of carbonyl (C=O) groups is 3. The number of nitriles is 2. The Morgan fingerprint density at radius 3 is 2.55 bits per heavy atom. The summed E-state index contributed by atoms with van der Waals surface area (Å²) >= 11 is 1.36. The summed E-state index contributed by atoms with van der Waals surface area (Å²) in [5.74, 6) is -1.53. The van der Waals surface area contributed by atoms with Gasteiger partial charge in [-0.25, -0.2) is 4.79 Å². The molecule has 0 unspecified atom stereocenters. The molecule has 0 bridgehead atoms. The minimum atomic E-state index is -0.676. The zero-order valence-electron chi connectivity index (χ0n) is 18.0. The number of ether oxygens (including phenoxy) is 1. The lowest BCUT2D eigenvalue weighted by atomic mass is 9.95. The predicted molar refractivity (Wildman–Crippen MR) is 120 cm³/mol. The van der Waals surface area contributed by atoms with Crippen LogP contribution < -0.4 is 5.32 Å². The van der Waals surface area contributed by atoms with Crippen molar-refractivity contribution in [1.82, 2.24) is 9.88 Å². The summed E-state index contributed by atoms with van der Waals surface area (Å²) < 4.78 is 5.33. The van der Waals surface area contributed by atoms with Gasteiger partial charge in [-0.1, -0.05) is 0 Å². The van der Waals surface area contributed by atoms with Crippen molar-refractivity contribution in [3.05, 3.63) is 46.1 Å². The maximum Gasteiger partial charge on any atom is 0.341 e. The second kappa shape index (κ2) is 11.7. The summed E-state index contributed by atoms with van der Waals surface area (Å²) in [5.41, 5.74) is 1.51. The second-order valence-corrected chi connectivity index (χ2v) is 8.49. The van der Waals surface area contributed by atoms with Crippen molar-refractivity contribution in [3.8, 4) is 12.1 Å². The summed E-state index contributed by atoms with van der Waals surface area (Å²) in [4.78, 5) is 44.5. The molecule has 2 aromatic heterocycles. The molecule has 1 aliphatic rings. The van der Waals surface area contributed by atoms with Crippen molar-refractivity contribution >= 4 is 34.1 Å². The van der Waals surface area contributed by atoms with Crippen molar-refractivity contribution in [2.45, 2.75) is 38.5 Å². The molecule has 170 valence electrons. The SMILES string of the molecule is N#CCCN(CCC#N)C(=O)COC(=O)c1c(NC(=O)c2cccnc2)sc2c1CCCC2. The number of pyridine rings is 1. The number of nitrogens with zero attached hydrogens (tertiary/aromatic N) is 4. The molecule has 9 nitrogen and oxygen atoms in total. The maximum absolute atomic E-state index is 13.0. The molecule has 0 spiro atoms. The highest BCUT2D eigenvalue weighted by Crippen LogP contribution is 2.38. The molecule has 0 saturated carbocycles. The van der Waals surface area contributed by atoms with E-state index in [9.17, 15) is 14.4 Å². The van der Waals surface area contributed by atoms with Crippen LogP contribution in [0.15, 0.2) is 24.5 Å². The zero-order valence-corrected chi connectivity index (χ0v) is 18.8. The smallest absolute Gasteiger partial charge is 0.341 e. The van der Waals surface area contributed by atoms with E-state index in [0.717, 1.165) is 29.7 Å². The highest BCUT2D eigenvalue weighted by atomic mass is 32.1. The Kier molecular flexibility index (Phi) is 8.50. The second-order valence-electron chi connectivity index (χ2n) is 7.38. The molecule has 0 aliphatic heterocycles. The molecule has 10 heteroatoms. The third kappa shape index (κ3) is 6.15. The van der Waals surface area contributed by atoms with E-state index in [0.29, 0.717) is 22.5 Å². The van der Waals surface area contributed by atoms with E-state index in [2.05, 4.69) is 10.3 Å². The molecule has 1 N–H and O–H groups in total. The number of anilines is 1. The Hall–Kier alpha value is -3.76. The average molecular weight is 466 g/mol. The van der Waals surface area contributed by atoms with Gasteiger partial charge < -0.3 is 15.0 Å². The van der Waals surface area contributed by atoms with Crippen LogP contribution in [-0.2, 0) is 22.4 Å². The van der Waals surface area contributed by atoms with Crippen molar-refractivity contribution in [3.63, 3.8) is 0 Å². The molecule has 0 fully saturated rings. The van der Waals surface area contributed by atoms with E-state index < -0.39 is 18.5 Å². The van der Waals surface area contributed by atoms with Gasteiger partial charge in [0.2, 0.25) is 0 Å². The van der Waals surface area contributed by atoms with E-state index in [1.54, 1.807) is 18.3 Å². The van der Waals surface area contributed by atoms with Gasteiger partial charge in [-0.15, -0.1) is 11.3 Å². The van der Waals surface area contributed by atoms with Gasteiger partial charge in [0, 0.05) is 30.4 Å². The molecule has 0 saturated heterocycles. The summed E-state index contributed by atoms with van der Waals surface area (Å²) in [6.45, 7) is -0.181. The Labute approximate surface area is 195 Å². The van der Waals surface area contributed by atoms with Gasteiger partial charge in [-0.2, -0.15) is 10.5 Å². The highest BCUT2D eigenvalue weighted by molar-refractivity contribution is 7.17. The van der Waals surface area contributed by atoms with Crippen LogP contribution in [0.1, 0.15) is 56.8 Å². The number of fused-ring (bicyclic) bond motifs is 1. The van der Waals surface area contributed by atoms with Gasteiger partial charge in [0.15, 0.2) is 6.61 Å². The van der Waals surface area contributed by atoms with Crippen LogP contribution in [0, 0.1) is 22.7 Å². The molecule has 2 amide bonds. The number of carbonyl (C=O) groups excluding carboxylic acids is 3. The van der Waals surface area contributed by atoms with Gasteiger partial charge in [-0.05, 0) is 43.4 Å². The van der Waals surface area contributed by atoms with Crippen molar-refractivity contribution in [2.75, 3.05) is 25.0 Å². The average Bonchev–Trinajstić information content (AvgIpc) is 3.20. The maximum atomic E-state index is 13.0. The molecule has 2 aromatic rings. The standard InChI is InChI=1S/C23H23N5O4S/c24-9-4-12-28(13-5-10-25)19(29)15-32-23(31)20-17-7-1-2-8-18(17)33-22(20)27-21(30)16-6-3-11-26-14-16/h3,6,11,14H,1-2,4-5,7-8,12-13,15H2,(H,27,30). The number of aryl methyl sites for hydroxylation is 1. The van der Waals surface area contributed by atoms with Crippen LogP contribution in [-0.4, -0.2) is 47.4 Å². The normalized spacial score (nSPS) is 12.1. The third-order valence-corrected chi connectivity index (χ3v) is 6.40. The molecule has 1 aliphatic carbocycles. The van der Waals surface area contributed by atoms with Crippen LogP contribution >= 0.6 is 11.3 Å². The first-order chi connectivity index (χ1) is 16.0. The van der Waals surface area contributed by atoms with Gasteiger partial charge >= 0.3 is 5.97 Å². The molecule has 0 aromatic carbocycles. The number of amides is 2. The molecule has 33 heavy (non-hydrogen) atoms. The molecule has 3 rings (SSSR count). The zero-order chi connectivity index (χ0) is 23.6. The summed E-state index contributed by atoms with van der Waals surface area (Å²) in [6, 6.07) is 7.21. The lowest BCUT2D eigenvalue weighted by Gasteiger charge is -2.20. The first kappa shape index (κ1) is 23.9. The van der Waals surface area contributed by atoms with Crippen LogP contribution in [0.3, 0.4) is 0 Å². The summed E-state index contributed by atoms with van der Waals surface area (Å²) in [6.07, 6.45) is 6.69. The Balaban J connectivity index is 1.75. The minimum Gasteiger partial charge on any atom is -0.452 e. The fourth-order valence-electron chi connectivity index (χ4n) is 3.56. The minimum absolute atomic E-state index is 0.119. The van der Waals surface area contributed by atoms with E-state index in [1.807, 2.05) is 12.1 Å². The van der Waals surface area contributed by atoms with Gasteiger partial charge in [0.25, 0.3) is 11.8 Å². The molecule has 0 atom stereocenters. The monoisotopic (exact) mass is 465 g/mol. The van der Waals surface area contributed by atoms with E-state index in [4.69, 9.17) is 15.3 Å². The number of rotatable bonds is 9. The number of hydrogen-bond acceptors (Lipinski definition) is 8. The Bertz CT molecular complexity index is 1080. The number of thiophene rings is 1. The number of nitrogens with one attached hydrogen (secondary N) is 1. The Morgan fingerprint density at radius 1 is 1.15 bits per heavy atom. The third-order valence-electron chi connectivity index (χ3n) is 5.19. The van der Waals surface area contributed by atoms with E-state index in [-0.39, 0.29) is 31.8 Å².